The van der Waals surface area contributed by atoms with Crippen molar-refractivity contribution in [1.29, 1.82) is 0 Å². The van der Waals surface area contributed by atoms with E-state index in [-0.39, 0.29) is 42.2 Å². The maximum Gasteiger partial charge on any atom is 0.305 e. The quantitative estimate of drug-likeness (QED) is 0.285. The lowest BCUT2D eigenvalue weighted by molar-refractivity contribution is -0.137. The van der Waals surface area contributed by atoms with E-state index in [1.807, 2.05) is 42.5 Å². The van der Waals surface area contributed by atoms with E-state index in [0.717, 1.165) is 38.2 Å². The highest BCUT2D eigenvalue weighted by Gasteiger charge is 2.30. The lowest BCUT2D eigenvalue weighted by Crippen LogP contribution is -2.30. The van der Waals surface area contributed by atoms with Gasteiger partial charge in [-0.25, -0.2) is 0 Å². The lowest BCUT2D eigenvalue weighted by atomic mass is 10.1. The summed E-state index contributed by atoms with van der Waals surface area (Å²) in [6.45, 7) is 2.87. The number of anilines is 2. The average molecular weight is 645 g/mol. The molecule has 0 radical (unpaired) electrons. The molecule has 186 valence electrons. The first-order chi connectivity index (χ1) is 16.4. The standard InChI is InChI=1S/C25H25ClN2O4S2.HI/c1-2-16(13-22-27(11-9-24(29)30)18-5-3-4-6-20(18)33-22)14-23-28(12-10-25(31)32)19-15-17(26)7-8-21(19)34-23;/h3-8,13-15,23H,2,9-12H2,1H3,(H,29,30)(H,31,32);1H/b16-14+,22-13-;. The van der Waals surface area contributed by atoms with Crippen molar-refractivity contribution in [3.63, 3.8) is 0 Å². The Hall–Kier alpha value is -1.82. The van der Waals surface area contributed by atoms with Crippen molar-refractivity contribution in [2.45, 2.75) is 41.4 Å². The van der Waals surface area contributed by atoms with Gasteiger partial charge in [0.1, 0.15) is 0 Å². The number of halogens is 2. The monoisotopic (exact) mass is 644 g/mol. The molecule has 10 heteroatoms. The first-order valence-corrected chi connectivity index (χ1v) is 13.1. The van der Waals surface area contributed by atoms with Crippen LogP contribution in [0.1, 0.15) is 26.2 Å². The maximum atomic E-state index is 11.3. The maximum absolute atomic E-state index is 11.3. The van der Waals surface area contributed by atoms with Gasteiger partial charge in [0.2, 0.25) is 0 Å². The average Bonchev–Trinajstić information content (AvgIpc) is 3.32. The fourth-order valence-corrected chi connectivity index (χ4v) is 6.57. The Labute approximate surface area is 235 Å². The van der Waals surface area contributed by atoms with Gasteiger partial charge >= 0.3 is 11.9 Å². The number of thioether (sulfide) groups is 2. The minimum Gasteiger partial charge on any atom is -0.481 e. The second-order valence-corrected chi connectivity index (χ2v) is 10.6. The number of aliphatic carboxylic acids is 2. The largest absolute Gasteiger partial charge is 0.481 e. The molecule has 0 saturated heterocycles. The Balaban J connectivity index is 0.00000342. The van der Waals surface area contributed by atoms with E-state index in [2.05, 4.69) is 28.9 Å². The molecule has 35 heavy (non-hydrogen) atoms. The van der Waals surface area contributed by atoms with E-state index in [9.17, 15) is 19.8 Å². The van der Waals surface area contributed by atoms with Gasteiger partial charge in [-0.3, -0.25) is 9.59 Å². The predicted octanol–water partition coefficient (Wildman–Crippen LogP) is 6.94. The van der Waals surface area contributed by atoms with Gasteiger partial charge in [0.05, 0.1) is 34.6 Å². The highest BCUT2D eigenvalue weighted by Crippen LogP contribution is 2.48. The summed E-state index contributed by atoms with van der Waals surface area (Å²) in [5, 5.41) is 20.0. The number of carboxylic acids is 2. The molecule has 0 saturated carbocycles. The third-order valence-electron chi connectivity index (χ3n) is 5.61. The summed E-state index contributed by atoms with van der Waals surface area (Å²) in [4.78, 5) is 28.8. The summed E-state index contributed by atoms with van der Waals surface area (Å²) < 4.78 is 0. The molecule has 0 aliphatic carbocycles. The highest BCUT2D eigenvalue weighted by molar-refractivity contribution is 14.0. The number of hydrogen-bond donors (Lipinski definition) is 2. The van der Waals surface area contributed by atoms with E-state index < -0.39 is 11.9 Å². The van der Waals surface area contributed by atoms with Gasteiger partial charge in [-0.05, 0) is 54.5 Å². The Bertz CT molecular complexity index is 1170. The fourth-order valence-electron chi connectivity index (χ4n) is 3.94. The van der Waals surface area contributed by atoms with E-state index in [4.69, 9.17) is 11.6 Å². The zero-order valence-electron chi connectivity index (χ0n) is 19.0. The SMILES string of the molecule is CCC(/C=C1\Sc2ccccc2N1CCC(=O)O)=C\C1Sc2ccc(Cl)cc2N1CCC(=O)O.I. The molecule has 2 heterocycles. The van der Waals surface area contributed by atoms with Gasteiger partial charge < -0.3 is 20.0 Å². The summed E-state index contributed by atoms with van der Waals surface area (Å²) in [5.74, 6) is -1.66. The molecule has 0 fully saturated rings. The van der Waals surface area contributed by atoms with Gasteiger partial charge in [0, 0.05) is 27.9 Å². The van der Waals surface area contributed by atoms with Gasteiger partial charge in [0.15, 0.2) is 0 Å². The smallest absolute Gasteiger partial charge is 0.305 e. The molecular weight excluding hydrogens is 619 g/mol. The third-order valence-corrected chi connectivity index (χ3v) is 8.19. The van der Waals surface area contributed by atoms with Crippen LogP contribution in [0, 0.1) is 0 Å². The molecule has 1 atom stereocenters. The molecule has 0 bridgehead atoms. The lowest BCUT2D eigenvalue weighted by Gasteiger charge is -2.25. The number of carbonyl (C=O) groups is 2. The van der Waals surface area contributed by atoms with Gasteiger partial charge in [-0.15, -0.1) is 24.0 Å². The van der Waals surface area contributed by atoms with Crippen LogP contribution in [0.25, 0.3) is 0 Å². The Morgan fingerprint density at radius 3 is 2.46 bits per heavy atom. The molecule has 0 spiro atoms. The molecule has 1 unspecified atom stereocenters. The summed E-state index contributed by atoms with van der Waals surface area (Å²) in [6.07, 6.45) is 5.17. The van der Waals surface area contributed by atoms with Crippen LogP contribution in [0.2, 0.25) is 5.02 Å². The molecule has 6 nitrogen and oxygen atoms in total. The summed E-state index contributed by atoms with van der Waals surface area (Å²) in [7, 11) is 0. The van der Waals surface area contributed by atoms with E-state index in [1.165, 1.54) is 0 Å². The van der Waals surface area contributed by atoms with Gasteiger partial charge in [-0.1, -0.05) is 54.2 Å². The van der Waals surface area contributed by atoms with Crippen molar-refractivity contribution in [2.24, 2.45) is 0 Å². The van der Waals surface area contributed by atoms with Crippen molar-refractivity contribution >= 4 is 82.4 Å². The number of carboxylic acid groups (broad SMARTS) is 2. The summed E-state index contributed by atoms with van der Waals surface area (Å²) in [6, 6.07) is 13.7. The molecule has 0 amide bonds. The number of para-hydroxylation sites is 1. The Kier molecular flexibility index (Phi) is 9.86. The number of rotatable bonds is 9. The zero-order valence-corrected chi connectivity index (χ0v) is 23.7. The van der Waals surface area contributed by atoms with Crippen LogP contribution >= 0.6 is 59.1 Å². The van der Waals surface area contributed by atoms with Crippen LogP contribution in [-0.2, 0) is 9.59 Å². The minimum atomic E-state index is -0.838. The number of fused-ring (bicyclic) bond motifs is 2. The minimum absolute atomic E-state index is 0. The molecule has 2 aliphatic heterocycles. The summed E-state index contributed by atoms with van der Waals surface area (Å²) in [5.41, 5.74) is 3.08. The zero-order chi connectivity index (χ0) is 24.2. The van der Waals surface area contributed by atoms with Crippen molar-refractivity contribution in [2.75, 3.05) is 22.9 Å². The van der Waals surface area contributed by atoms with Crippen LogP contribution in [-0.4, -0.2) is 40.6 Å². The van der Waals surface area contributed by atoms with E-state index >= 15 is 0 Å². The first kappa shape index (κ1) is 27.8. The highest BCUT2D eigenvalue weighted by atomic mass is 127. The molecule has 0 aromatic heterocycles. The van der Waals surface area contributed by atoms with Crippen molar-refractivity contribution in [3.05, 3.63) is 70.2 Å². The third kappa shape index (κ3) is 6.69. The normalized spacial score (nSPS) is 17.8. The second-order valence-electron chi connectivity index (χ2n) is 7.90. The molecule has 2 N–H and O–H groups in total. The molecule has 2 aliphatic rings. The van der Waals surface area contributed by atoms with Crippen LogP contribution in [0.15, 0.2) is 75.0 Å². The Morgan fingerprint density at radius 1 is 1.03 bits per heavy atom. The molecule has 2 aromatic rings. The van der Waals surface area contributed by atoms with Crippen LogP contribution in [0.4, 0.5) is 11.4 Å². The number of benzene rings is 2. The molecule has 4 rings (SSSR count). The van der Waals surface area contributed by atoms with E-state index in [1.54, 1.807) is 23.5 Å². The fraction of sp³-hybridized carbons (Fsp3) is 0.280. The number of nitrogens with zero attached hydrogens (tertiary/aromatic N) is 2. The first-order valence-electron chi connectivity index (χ1n) is 11.0. The molecular formula is C25H26ClIN2O4S2. The Morgan fingerprint density at radius 2 is 1.74 bits per heavy atom. The predicted molar refractivity (Wildman–Crippen MR) is 154 cm³/mol. The van der Waals surface area contributed by atoms with Crippen LogP contribution in [0.5, 0.6) is 0 Å². The van der Waals surface area contributed by atoms with Crippen LogP contribution < -0.4 is 9.80 Å². The van der Waals surface area contributed by atoms with E-state index in [0.29, 0.717) is 18.1 Å². The topological polar surface area (TPSA) is 81.1 Å². The van der Waals surface area contributed by atoms with Gasteiger partial charge in [0.25, 0.3) is 0 Å². The summed E-state index contributed by atoms with van der Waals surface area (Å²) >= 11 is 9.55. The van der Waals surface area contributed by atoms with Crippen molar-refractivity contribution in [3.8, 4) is 0 Å². The van der Waals surface area contributed by atoms with Gasteiger partial charge in [-0.2, -0.15) is 0 Å². The molecule has 2 aromatic carbocycles. The second kappa shape index (κ2) is 12.4. The van der Waals surface area contributed by atoms with Crippen molar-refractivity contribution < 1.29 is 19.8 Å². The number of allylic oxidation sites excluding steroid dienone is 2. The van der Waals surface area contributed by atoms with Crippen molar-refractivity contribution in [1.82, 2.24) is 0 Å². The number of hydrogen-bond acceptors (Lipinski definition) is 6. The van der Waals surface area contributed by atoms with Crippen LogP contribution in [0.3, 0.4) is 0 Å².